The zero-order valence-electron chi connectivity index (χ0n) is 8.15. The van der Waals surface area contributed by atoms with Gasteiger partial charge in [-0.15, -0.1) is 0 Å². The average molecular weight is 169 g/mol. The van der Waals surface area contributed by atoms with Crippen molar-refractivity contribution < 1.29 is 4.79 Å². The highest BCUT2D eigenvalue weighted by Gasteiger charge is 2.03. The Labute approximate surface area is 75.0 Å². The maximum Gasteiger partial charge on any atom is 0.246 e. The van der Waals surface area contributed by atoms with Crippen LogP contribution in [0.25, 0.3) is 0 Å². The Morgan fingerprint density at radius 1 is 1.33 bits per heavy atom. The highest BCUT2D eigenvalue weighted by atomic mass is 16.1. The standard InChI is InChI=1S/C10H19NO/c1-4-6-7-8-9(3)10(12)11-5-2/h3-8H2,1-2H3,(H,11,12). The molecule has 0 aromatic rings. The van der Waals surface area contributed by atoms with Gasteiger partial charge in [0.25, 0.3) is 0 Å². The number of rotatable bonds is 6. The van der Waals surface area contributed by atoms with Crippen LogP contribution in [0.3, 0.4) is 0 Å². The van der Waals surface area contributed by atoms with Gasteiger partial charge in [0.05, 0.1) is 0 Å². The lowest BCUT2D eigenvalue weighted by Crippen LogP contribution is -2.23. The van der Waals surface area contributed by atoms with Crippen LogP contribution in [0.4, 0.5) is 0 Å². The Bertz CT molecular complexity index is 152. The second-order valence-electron chi connectivity index (χ2n) is 2.92. The SMILES string of the molecule is C=C(CCCCC)C(=O)NCC. The van der Waals surface area contributed by atoms with E-state index in [0.717, 1.165) is 12.8 Å². The van der Waals surface area contributed by atoms with Gasteiger partial charge in [0, 0.05) is 12.1 Å². The molecule has 0 saturated carbocycles. The van der Waals surface area contributed by atoms with Crippen LogP contribution in [0.2, 0.25) is 0 Å². The van der Waals surface area contributed by atoms with Crippen molar-refractivity contribution in [2.45, 2.75) is 39.5 Å². The highest BCUT2D eigenvalue weighted by molar-refractivity contribution is 5.92. The summed E-state index contributed by atoms with van der Waals surface area (Å²) in [5, 5.41) is 2.73. The van der Waals surface area contributed by atoms with E-state index in [-0.39, 0.29) is 5.91 Å². The Kier molecular flexibility index (Phi) is 6.44. The third kappa shape index (κ3) is 4.94. The summed E-state index contributed by atoms with van der Waals surface area (Å²) in [4.78, 5) is 11.1. The number of hydrogen-bond donors (Lipinski definition) is 1. The lowest BCUT2D eigenvalue weighted by Gasteiger charge is -2.04. The summed E-state index contributed by atoms with van der Waals surface area (Å²) in [7, 11) is 0. The predicted molar refractivity (Wildman–Crippen MR) is 52.0 cm³/mol. The van der Waals surface area contributed by atoms with Gasteiger partial charge in [-0.3, -0.25) is 4.79 Å². The fourth-order valence-electron chi connectivity index (χ4n) is 0.987. The van der Waals surface area contributed by atoms with Crippen molar-refractivity contribution in [2.24, 2.45) is 0 Å². The Balaban J connectivity index is 3.50. The molecule has 0 fully saturated rings. The average Bonchev–Trinajstić information content (AvgIpc) is 2.05. The van der Waals surface area contributed by atoms with Crippen LogP contribution in [0.1, 0.15) is 39.5 Å². The molecular weight excluding hydrogens is 150 g/mol. The number of carbonyl (C=O) groups excluding carboxylic acids is 1. The lowest BCUT2D eigenvalue weighted by molar-refractivity contribution is -0.117. The molecule has 70 valence electrons. The number of unbranched alkanes of at least 4 members (excludes halogenated alkanes) is 2. The fourth-order valence-corrected chi connectivity index (χ4v) is 0.987. The molecule has 0 aliphatic heterocycles. The van der Waals surface area contributed by atoms with Crippen LogP contribution in [0.5, 0.6) is 0 Å². The molecule has 0 spiro atoms. The molecule has 0 bridgehead atoms. The third-order valence-electron chi connectivity index (χ3n) is 1.74. The van der Waals surface area contributed by atoms with E-state index in [1.54, 1.807) is 0 Å². The zero-order valence-corrected chi connectivity index (χ0v) is 8.15. The first-order valence-electron chi connectivity index (χ1n) is 4.68. The van der Waals surface area contributed by atoms with Crippen molar-refractivity contribution in [1.82, 2.24) is 5.32 Å². The predicted octanol–water partition coefficient (Wildman–Crippen LogP) is 2.26. The van der Waals surface area contributed by atoms with E-state index < -0.39 is 0 Å². The van der Waals surface area contributed by atoms with Gasteiger partial charge in [-0.05, 0) is 19.8 Å². The molecule has 0 unspecified atom stereocenters. The Morgan fingerprint density at radius 2 is 2.00 bits per heavy atom. The quantitative estimate of drug-likeness (QED) is 0.479. The molecule has 0 aromatic carbocycles. The first-order valence-corrected chi connectivity index (χ1v) is 4.68. The zero-order chi connectivity index (χ0) is 9.40. The number of carbonyl (C=O) groups is 1. The maximum atomic E-state index is 11.1. The smallest absolute Gasteiger partial charge is 0.246 e. The third-order valence-corrected chi connectivity index (χ3v) is 1.74. The molecular formula is C10H19NO. The summed E-state index contributed by atoms with van der Waals surface area (Å²) in [5.74, 6) is 0.00797. The summed E-state index contributed by atoms with van der Waals surface area (Å²) >= 11 is 0. The van der Waals surface area contributed by atoms with Crippen LogP contribution in [-0.4, -0.2) is 12.5 Å². The summed E-state index contributed by atoms with van der Waals surface area (Å²) in [6, 6.07) is 0. The lowest BCUT2D eigenvalue weighted by atomic mass is 10.1. The first-order chi connectivity index (χ1) is 5.72. The number of nitrogens with one attached hydrogen (secondary N) is 1. The van der Waals surface area contributed by atoms with Crippen LogP contribution >= 0.6 is 0 Å². The van der Waals surface area contributed by atoms with Gasteiger partial charge in [0.2, 0.25) is 5.91 Å². The van der Waals surface area contributed by atoms with Crippen molar-refractivity contribution in [1.29, 1.82) is 0 Å². The van der Waals surface area contributed by atoms with E-state index in [9.17, 15) is 4.79 Å². The minimum atomic E-state index is 0.00797. The van der Waals surface area contributed by atoms with E-state index >= 15 is 0 Å². The molecule has 0 radical (unpaired) electrons. The van der Waals surface area contributed by atoms with Crippen molar-refractivity contribution in [3.8, 4) is 0 Å². The minimum Gasteiger partial charge on any atom is -0.353 e. The number of amides is 1. The van der Waals surface area contributed by atoms with E-state index in [1.165, 1.54) is 12.8 Å². The Hall–Kier alpha value is -0.790. The van der Waals surface area contributed by atoms with Gasteiger partial charge >= 0.3 is 0 Å². The minimum absolute atomic E-state index is 0.00797. The molecule has 1 amide bonds. The summed E-state index contributed by atoms with van der Waals surface area (Å²) in [6.07, 6.45) is 4.27. The van der Waals surface area contributed by atoms with Crippen LogP contribution in [0, 0.1) is 0 Å². The molecule has 0 saturated heterocycles. The van der Waals surface area contributed by atoms with Crippen molar-refractivity contribution >= 4 is 5.91 Å². The van der Waals surface area contributed by atoms with Gasteiger partial charge in [-0.25, -0.2) is 0 Å². The van der Waals surface area contributed by atoms with Crippen LogP contribution in [0.15, 0.2) is 12.2 Å². The molecule has 2 nitrogen and oxygen atoms in total. The molecule has 0 aromatic heterocycles. The fraction of sp³-hybridized carbons (Fsp3) is 0.700. The topological polar surface area (TPSA) is 29.1 Å². The summed E-state index contributed by atoms with van der Waals surface area (Å²) in [5.41, 5.74) is 0.713. The normalized spacial score (nSPS) is 9.50. The van der Waals surface area contributed by atoms with Gasteiger partial charge < -0.3 is 5.32 Å². The van der Waals surface area contributed by atoms with Gasteiger partial charge in [-0.1, -0.05) is 26.3 Å². The van der Waals surface area contributed by atoms with E-state index in [4.69, 9.17) is 0 Å². The highest BCUT2D eigenvalue weighted by Crippen LogP contribution is 2.06. The molecule has 12 heavy (non-hydrogen) atoms. The van der Waals surface area contributed by atoms with Crippen LogP contribution < -0.4 is 5.32 Å². The van der Waals surface area contributed by atoms with Gasteiger partial charge in [0.15, 0.2) is 0 Å². The Morgan fingerprint density at radius 3 is 2.50 bits per heavy atom. The molecule has 1 N–H and O–H groups in total. The summed E-state index contributed by atoms with van der Waals surface area (Å²) in [6.45, 7) is 8.48. The maximum absolute atomic E-state index is 11.1. The first kappa shape index (κ1) is 11.2. The van der Waals surface area contributed by atoms with E-state index in [0.29, 0.717) is 12.1 Å². The molecule has 2 heteroatoms. The van der Waals surface area contributed by atoms with E-state index in [1.807, 2.05) is 6.92 Å². The second-order valence-corrected chi connectivity index (χ2v) is 2.92. The largest absolute Gasteiger partial charge is 0.353 e. The molecule has 0 atom stereocenters. The van der Waals surface area contributed by atoms with Gasteiger partial charge in [-0.2, -0.15) is 0 Å². The van der Waals surface area contributed by atoms with E-state index in [2.05, 4.69) is 18.8 Å². The molecule has 0 heterocycles. The van der Waals surface area contributed by atoms with Gasteiger partial charge in [0.1, 0.15) is 0 Å². The molecule has 0 rings (SSSR count). The monoisotopic (exact) mass is 169 g/mol. The van der Waals surface area contributed by atoms with Crippen LogP contribution in [-0.2, 0) is 4.79 Å². The summed E-state index contributed by atoms with van der Waals surface area (Å²) < 4.78 is 0. The second kappa shape index (κ2) is 6.89. The number of likely N-dealkylation sites (N-methyl/N-ethyl adjacent to an activating group) is 1. The van der Waals surface area contributed by atoms with Crippen molar-refractivity contribution in [2.75, 3.05) is 6.54 Å². The van der Waals surface area contributed by atoms with Crippen molar-refractivity contribution in [3.05, 3.63) is 12.2 Å². The van der Waals surface area contributed by atoms with Crippen molar-refractivity contribution in [3.63, 3.8) is 0 Å². The molecule has 0 aliphatic rings. The molecule has 0 aliphatic carbocycles. The number of hydrogen-bond acceptors (Lipinski definition) is 1.